The minimum Gasteiger partial charge on any atom is -0.271 e. The van der Waals surface area contributed by atoms with Crippen LogP contribution in [0.2, 0.25) is 0 Å². The van der Waals surface area contributed by atoms with Crippen molar-refractivity contribution < 1.29 is 8.78 Å². The third-order valence-electron chi connectivity index (χ3n) is 4.12. The molecule has 3 N–H and O–H groups in total. The number of alkyl halides is 2. The lowest BCUT2D eigenvalue weighted by Crippen LogP contribution is -2.38. The van der Waals surface area contributed by atoms with E-state index in [-0.39, 0.29) is 24.8 Å². The van der Waals surface area contributed by atoms with Gasteiger partial charge in [-0.3, -0.25) is 11.3 Å². The zero-order valence-corrected chi connectivity index (χ0v) is 12.3. The quantitative estimate of drug-likeness (QED) is 0.641. The summed E-state index contributed by atoms with van der Waals surface area (Å²) < 4.78 is 26.5. The Bertz CT molecular complexity index is 440. The van der Waals surface area contributed by atoms with Crippen molar-refractivity contribution in [2.75, 3.05) is 0 Å². The van der Waals surface area contributed by atoms with Gasteiger partial charge in [-0.15, -0.1) is 0 Å². The summed E-state index contributed by atoms with van der Waals surface area (Å²) in [7, 11) is 0. The van der Waals surface area contributed by atoms with E-state index in [1.807, 2.05) is 0 Å². The first-order chi connectivity index (χ1) is 9.38. The maximum absolute atomic E-state index is 13.2. The van der Waals surface area contributed by atoms with Crippen LogP contribution < -0.4 is 11.3 Å². The molecule has 112 valence electrons. The van der Waals surface area contributed by atoms with Crippen LogP contribution in [0.3, 0.4) is 0 Å². The van der Waals surface area contributed by atoms with Gasteiger partial charge in [0.15, 0.2) is 0 Å². The van der Waals surface area contributed by atoms with Crippen molar-refractivity contribution in [1.82, 2.24) is 5.43 Å². The Labute approximate surface area is 119 Å². The Kier molecular flexibility index (Phi) is 4.76. The minimum atomic E-state index is -2.47. The van der Waals surface area contributed by atoms with E-state index >= 15 is 0 Å². The molecule has 1 saturated carbocycles. The summed E-state index contributed by atoms with van der Waals surface area (Å²) in [6, 6.07) is 6.47. The Morgan fingerprint density at radius 3 is 2.45 bits per heavy atom. The van der Waals surface area contributed by atoms with Gasteiger partial charge in [0.05, 0.1) is 0 Å². The maximum atomic E-state index is 13.2. The summed E-state index contributed by atoms with van der Waals surface area (Å²) in [4.78, 5) is 0. The van der Waals surface area contributed by atoms with Gasteiger partial charge in [-0.1, -0.05) is 29.3 Å². The van der Waals surface area contributed by atoms with Crippen molar-refractivity contribution in [1.29, 1.82) is 0 Å². The number of hydrogen-bond acceptors (Lipinski definition) is 2. The Hall–Kier alpha value is -1.00. The summed E-state index contributed by atoms with van der Waals surface area (Å²) in [5.74, 6) is 3.22. The predicted octanol–water partition coefficient (Wildman–Crippen LogP) is 3.50. The Morgan fingerprint density at radius 2 is 1.95 bits per heavy atom. The fourth-order valence-corrected chi connectivity index (χ4v) is 3.33. The normalized spacial score (nSPS) is 22.9. The van der Waals surface area contributed by atoms with Crippen LogP contribution in [-0.4, -0.2) is 12.0 Å². The van der Waals surface area contributed by atoms with Gasteiger partial charge in [-0.05, 0) is 44.6 Å². The third-order valence-corrected chi connectivity index (χ3v) is 4.12. The number of aryl methyl sites for hydroxylation is 2. The van der Waals surface area contributed by atoms with Crippen LogP contribution in [-0.2, 0) is 6.42 Å². The molecule has 0 spiro atoms. The van der Waals surface area contributed by atoms with Crippen molar-refractivity contribution in [3.63, 3.8) is 0 Å². The molecule has 2 atom stereocenters. The minimum absolute atomic E-state index is 0.0119. The summed E-state index contributed by atoms with van der Waals surface area (Å²) in [5.41, 5.74) is 6.47. The number of benzene rings is 1. The van der Waals surface area contributed by atoms with Crippen LogP contribution >= 0.6 is 0 Å². The fourth-order valence-electron chi connectivity index (χ4n) is 3.33. The number of hydrogen-bond donors (Lipinski definition) is 2. The number of halogens is 2. The highest BCUT2D eigenvalue weighted by molar-refractivity contribution is 5.29. The van der Waals surface area contributed by atoms with E-state index in [1.165, 1.54) is 16.7 Å². The first-order valence-electron chi connectivity index (χ1n) is 7.29. The van der Waals surface area contributed by atoms with E-state index in [9.17, 15) is 8.78 Å². The molecule has 4 heteroatoms. The smallest absolute Gasteiger partial charge is 0.248 e. The largest absolute Gasteiger partial charge is 0.271 e. The van der Waals surface area contributed by atoms with Crippen molar-refractivity contribution in [2.45, 2.75) is 57.9 Å². The zero-order valence-electron chi connectivity index (χ0n) is 12.3. The maximum Gasteiger partial charge on any atom is 0.248 e. The van der Waals surface area contributed by atoms with Crippen LogP contribution in [0.15, 0.2) is 18.2 Å². The van der Waals surface area contributed by atoms with Crippen LogP contribution in [0.5, 0.6) is 0 Å². The van der Waals surface area contributed by atoms with Crippen LogP contribution in [0.25, 0.3) is 0 Å². The van der Waals surface area contributed by atoms with Crippen molar-refractivity contribution in [3.8, 4) is 0 Å². The van der Waals surface area contributed by atoms with Gasteiger partial charge in [0.2, 0.25) is 5.92 Å². The van der Waals surface area contributed by atoms with E-state index in [4.69, 9.17) is 5.84 Å². The van der Waals surface area contributed by atoms with Gasteiger partial charge in [0, 0.05) is 18.9 Å². The Morgan fingerprint density at radius 1 is 1.30 bits per heavy atom. The lowest BCUT2D eigenvalue weighted by Gasteiger charge is -2.20. The third kappa shape index (κ3) is 4.25. The predicted molar refractivity (Wildman–Crippen MR) is 77.6 cm³/mol. The molecule has 0 aromatic heterocycles. The molecule has 0 radical (unpaired) electrons. The summed E-state index contributed by atoms with van der Waals surface area (Å²) in [6.07, 6.45) is 2.16. The second-order valence-electron chi connectivity index (χ2n) is 6.26. The molecule has 1 aromatic rings. The number of nitrogens with two attached hydrogens (primary N) is 1. The van der Waals surface area contributed by atoms with Gasteiger partial charge >= 0.3 is 0 Å². The molecule has 2 unspecified atom stereocenters. The summed E-state index contributed by atoms with van der Waals surface area (Å²) >= 11 is 0. The van der Waals surface area contributed by atoms with Crippen LogP contribution in [0.4, 0.5) is 8.78 Å². The molecule has 0 saturated heterocycles. The highest BCUT2D eigenvalue weighted by Crippen LogP contribution is 2.40. The van der Waals surface area contributed by atoms with Crippen molar-refractivity contribution in [2.24, 2.45) is 11.8 Å². The highest BCUT2D eigenvalue weighted by Gasteiger charge is 2.39. The molecule has 2 nitrogen and oxygen atoms in total. The molecule has 0 aliphatic heterocycles. The molecule has 1 aromatic carbocycles. The van der Waals surface area contributed by atoms with Gasteiger partial charge in [-0.2, -0.15) is 0 Å². The van der Waals surface area contributed by atoms with E-state index in [1.54, 1.807) is 0 Å². The molecule has 1 aliphatic carbocycles. The first kappa shape index (κ1) is 15.4. The molecule has 20 heavy (non-hydrogen) atoms. The van der Waals surface area contributed by atoms with E-state index < -0.39 is 5.92 Å². The topological polar surface area (TPSA) is 38.0 Å². The average molecular weight is 282 g/mol. The van der Waals surface area contributed by atoms with E-state index in [0.717, 1.165) is 12.8 Å². The fraction of sp³-hybridized carbons (Fsp3) is 0.625. The number of hydrazine groups is 1. The zero-order chi connectivity index (χ0) is 14.8. The molecular weight excluding hydrogens is 258 g/mol. The molecule has 1 fully saturated rings. The average Bonchev–Trinajstić information content (AvgIpc) is 2.66. The molecule has 1 aliphatic rings. The van der Waals surface area contributed by atoms with Crippen LogP contribution in [0.1, 0.15) is 42.4 Å². The SMILES string of the molecule is Cc1cc(C)cc(CC(CC2CCC(F)(F)C2)NN)c1. The summed E-state index contributed by atoms with van der Waals surface area (Å²) in [6.45, 7) is 4.14. The lowest BCUT2D eigenvalue weighted by molar-refractivity contribution is 0.00432. The second kappa shape index (κ2) is 6.19. The Balaban J connectivity index is 1.95. The van der Waals surface area contributed by atoms with Gasteiger partial charge in [0.25, 0.3) is 0 Å². The molecule has 2 rings (SSSR count). The monoisotopic (exact) mass is 282 g/mol. The standard InChI is InChI=1S/C16H24F2N2/c1-11-5-12(2)7-14(6-11)9-15(20-19)8-13-3-4-16(17,18)10-13/h5-7,13,15,20H,3-4,8-10,19H2,1-2H3. The first-order valence-corrected chi connectivity index (χ1v) is 7.29. The second-order valence-corrected chi connectivity index (χ2v) is 6.26. The van der Waals surface area contributed by atoms with Gasteiger partial charge in [-0.25, -0.2) is 8.78 Å². The van der Waals surface area contributed by atoms with E-state index in [0.29, 0.717) is 6.42 Å². The molecular formula is C16H24F2N2. The highest BCUT2D eigenvalue weighted by atomic mass is 19.3. The lowest BCUT2D eigenvalue weighted by atomic mass is 9.93. The molecule has 0 amide bonds. The molecule has 0 bridgehead atoms. The van der Waals surface area contributed by atoms with Crippen LogP contribution in [0, 0.1) is 19.8 Å². The van der Waals surface area contributed by atoms with Gasteiger partial charge < -0.3 is 0 Å². The van der Waals surface area contributed by atoms with E-state index in [2.05, 4.69) is 37.5 Å². The van der Waals surface area contributed by atoms with Crippen molar-refractivity contribution >= 4 is 0 Å². The number of nitrogens with one attached hydrogen (secondary N) is 1. The number of rotatable bonds is 5. The molecule has 0 heterocycles. The van der Waals surface area contributed by atoms with Crippen molar-refractivity contribution in [3.05, 3.63) is 34.9 Å². The summed E-state index contributed by atoms with van der Waals surface area (Å²) in [5, 5.41) is 0. The van der Waals surface area contributed by atoms with Gasteiger partial charge in [0.1, 0.15) is 0 Å².